The van der Waals surface area contributed by atoms with Gasteiger partial charge in [-0.2, -0.15) is 0 Å². The van der Waals surface area contributed by atoms with Gasteiger partial charge in [-0.3, -0.25) is 9.55 Å². The molecule has 0 spiro atoms. The Morgan fingerprint density at radius 2 is 1.71 bits per heavy atom. The zero-order valence-corrected chi connectivity index (χ0v) is 24.5. The van der Waals surface area contributed by atoms with Gasteiger partial charge in [-0.05, 0) is 44.5 Å². The molecular weight excluding hydrogens is 565 g/mol. The minimum Gasteiger partial charge on any atom is -0.494 e. The summed E-state index contributed by atoms with van der Waals surface area (Å²) in [6, 6.07) is 8.84. The van der Waals surface area contributed by atoms with Gasteiger partial charge in [0.2, 0.25) is 5.95 Å². The molecule has 0 unspecified atom stereocenters. The first-order valence-corrected chi connectivity index (χ1v) is 15.1. The fourth-order valence-electron chi connectivity index (χ4n) is 5.06. The summed E-state index contributed by atoms with van der Waals surface area (Å²) < 4.78 is 60.7. The van der Waals surface area contributed by atoms with Crippen molar-refractivity contribution in [1.29, 1.82) is 0 Å². The van der Waals surface area contributed by atoms with Gasteiger partial charge < -0.3 is 19.1 Å². The van der Waals surface area contributed by atoms with Crippen molar-refractivity contribution < 1.29 is 27.0 Å². The normalized spacial score (nSPS) is 17.4. The molecule has 3 aromatic heterocycles. The van der Waals surface area contributed by atoms with Crippen molar-refractivity contribution in [3.63, 3.8) is 0 Å². The third-order valence-electron chi connectivity index (χ3n) is 6.84. The number of sulfone groups is 1. The molecule has 1 aliphatic rings. The maximum atomic E-state index is 14.1. The van der Waals surface area contributed by atoms with Crippen LogP contribution in [0.3, 0.4) is 0 Å². The van der Waals surface area contributed by atoms with Crippen LogP contribution < -0.4 is 14.4 Å². The van der Waals surface area contributed by atoms with Gasteiger partial charge >= 0.3 is 0 Å². The SMILES string of the molecule is COc1cccc(OC)c1-n1c(CS(=O)(=O)[C@H]2C[C@@H](OC(C)C)CN(c3ncc(F)cn3)C2)nnc1-c1cccnc1. The van der Waals surface area contributed by atoms with Crippen molar-refractivity contribution >= 4 is 15.8 Å². The molecule has 1 aliphatic heterocycles. The van der Waals surface area contributed by atoms with Gasteiger partial charge in [0.05, 0.1) is 44.1 Å². The highest BCUT2D eigenvalue weighted by atomic mass is 32.2. The van der Waals surface area contributed by atoms with E-state index in [0.717, 1.165) is 12.4 Å². The lowest BCUT2D eigenvalue weighted by Gasteiger charge is -2.38. The zero-order chi connectivity index (χ0) is 29.9. The Kier molecular flexibility index (Phi) is 8.64. The van der Waals surface area contributed by atoms with E-state index in [2.05, 4.69) is 25.1 Å². The van der Waals surface area contributed by atoms with Crippen LogP contribution in [0.2, 0.25) is 0 Å². The lowest BCUT2D eigenvalue weighted by atomic mass is 10.1. The summed E-state index contributed by atoms with van der Waals surface area (Å²) in [5.74, 6) is 0.662. The summed E-state index contributed by atoms with van der Waals surface area (Å²) in [7, 11) is -0.825. The van der Waals surface area contributed by atoms with Crippen LogP contribution in [0.5, 0.6) is 11.5 Å². The van der Waals surface area contributed by atoms with Crippen molar-refractivity contribution in [1.82, 2.24) is 29.7 Å². The topological polar surface area (TPSA) is 134 Å². The highest BCUT2D eigenvalue weighted by molar-refractivity contribution is 7.91. The number of rotatable bonds is 10. The maximum absolute atomic E-state index is 14.1. The van der Waals surface area contributed by atoms with Crippen molar-refractivity contribution in [2.75, 3.05) is 32.2 Å². The number of anilines is 1. The molecule has 0 amide bonds. The van der Waals surface area contributed by atoms with E-state index >= 15 is 0 Å². The molecule has 222 valence electrons. The van der Waals surface area contributed by atoms with Gasteiger partial charge in [-0.1, -0.05) is 6.07 Å². The second kappa shape index (κ2) is 12.4. The molecule has 0 bridgehead atoms. The van der Waals surface area contributed by atoms with Gasteiger partial charge in [0.25, 0.3) is 0 Å². The Labute approximate surface area is 243 Å². The smallest absolute Gasteiger partial charge is 0.225 e. The van der Waals surface area contributed by atoms with Crippen molar-refractivity contribution in [2.24, 2.45) is 0 Å². The first-order valence-electron chi connectivity index (χ1n) is 13.4. The lowest BCUT2D eigenvalue weighted by molar-refractivity contribution is 0.00143. The summed E-state index contributed by atoms with van der Waals surface area (Å²) in [6.45, 7) is 4.25. The van der Waals surface area contributed by atoms with E-state index in [-0.39, 0.29) is 30.8 Å². The zero-order valence-electron chi connectivity index (χ0n) is 23.7. The Hall–Kier alpha value is -4.17. The van der Waals surface area contributed by atoms with Crippen LogP contribution in [0.1, 0.15) is 26.1 Å². The Bertz CT molecular complexity index is 1600. The number of pyridine rings is 1. The molecular formula is C28H32FN7O5S. The third kappa shape index (κ3) is 6.19. The first kappa shape index (κ1) is 29.3. The van der Waals surface area contributed by atoms with Crippen molar-refractivity contribution in [2.45, 2.75) is 43.5 Å². The highest BCUT2D eigenvalue weighted by Crippen LogP contribution is 2.37. The molecule has 1 fully saturated rings. The Balaban J connectivity index is 1.56. The maximum Gasteiger partial charge on any atom is 0.225 e. The molecule has 0 N–H and O–H groups in total. The second-order valence-electron chi connectivity index (χ2n) is 10.1. The average Bonchev–Trinajstić information content (AvgIpc) is 3.39. The molecule has 4 heterocycles. The van der Waals surface area contributed by atoms with E-state index in [9.17, 15) is 12.8 Å². The number of nitrogens with zero attached hydrogens (tertiary/aromatic N) is 7. The molecule has 14 heteroatoms. The van der Waals surface area contributed by atoms with Crippen LogP contribution in [-0.2, 0) is 20.3 Å². The number of hydrogen-bond donors (Lipinski definition) is 0. The quantitative estimate of drug-likeness (QED) is 0.267. The predicted molar refractivity (Wildman–Crippen MR) is 153 cm³/mol. The fraction of sp³-hybridized carbons (Fsp3) is 0.393. The molecule has 1 aromatic carbocycles. The highest BCUT2D eigenvalue weighted by Gasteiger charge is 2.38. The van der Waals surface area contributed by atoms with Gasteiger partial charge in [0, 0.05) is 31.0 Å². The van der Waals surface area contributed by atoms with Crippen LogP contribution in [-0.4, -0.2) is 82.9 Å². The van der Waals surface area contributed by atoms with Crippen molar-refractivity contribution in [3.05, 3.63) is 66.8 Å². The molecule has 4 aromatic rings. The molecule has 2 atom stereocenters. The van der Waals surface area contributed by atoms with Gasteiger partial charge in [-0.15, -0.1) is 10.2 Å². The van der Waals surface area contributed by atoms with Crippen molar-refractivity contribution in [3.8, 4) is 28.6 Å². The van der Waals surface area contributed by atoms with Crippen LogP contribution >= 0.6 is 0 Å². The average molecular weight is 598 g/mol. The van der Waals surface area contributed by atoms with E-state index in [1.54, 1.807) is 46.1 Å². The number of para-hydroxylation sites is 1. The first-order chi connectivity index (χ1) is 20.2. The summed E-state index contributed by atoms with van der Waals surface area (Å²) in [4.78, 5) is 14.1. The minimum absolute atomic E-state index is 0.105. The third-order valence-corrected chi connectivity index (χ3v) is 8.86. The molecule has 42 heavy (non-hydrogen) atoms. The summed E-state index contributed by atoms with van der Waals surface area (Å²) in [5.41, 5.74) is 1.09. The lowest BCUT2D eigenvalue weighted by Crippen LogP contribution is -2.51. The predicted octanol–water partition coefficient (Wildman–Crippen LogP) is 3.26. The van der Waals surface area contributed by atoms with E-state index in [0.29, 0.717) is 35.1 Å². The van der Waals surface area contributed by atoms with Gasteiger partial charge in [-0.25, -0.2) is 22.8 Å². The second-order valence-corrected chi connectivity index (χ2v) is 12.4. The van der Waals surface area contributed by atoms with Crippen LogP contribution in [0, 0.1) is 5.82 Å². The van der Waals surface area contributed by atoms with Crippen LogP contribution in [0.15, 0.2) is 55.1 Å². The van der Waals surface area contributed by atoms with E-state index in [1.165, 1.54) is 14.2 Å². The molecule has 0 radical (unpaired) electrons. The minimum atomic E-state index is -3.86. The standard InChI is InChI=1S/C28H32FN7O5S/c1-18(2)41-21-11-22(16-35(15-21)28-31-13-20(29)14-32-28)42(37,38)17-25-33-34-27(19-7-6-10-30-12-19)36(25)26-23(39-3)8-5-9-24(26)40-4/h5-10,12-14,18,21-22H,11,15-17H2,1-4H3/t21-,22+/m1/s1. The Morgan fingerprint density at radius 3 is 2.33 bits per heavy atom. The number of methoxy groups -OCH3 is 2. The van der Waals surface area contributed by atoms with Gasteiger partial charge in [0.15, 0.2) is 27.3 Å². The van der Waals surface area contributed by atoms with Crippen LogP contribution in [0.25, 0.3) is 17.1 Å². The molecule has 5 rings (SSSR count). The summed E-state index contributed by atoms with van der Waals surface area (Å²) in [6.07, 6.45) is 5.09. The molecule has 1 saturated heterocycles. The number of ether oxygens (including phenoxy) is 3. The largest absolute Gasteiger partial charge is 0.494 e. The number of aromatic nitrogens is 6. The molecule has 12 nitrogen and oxygen atoms in total. The molecule has 0 aliphatic carbocycles. The van der Waals surface area contributed by atoms with Gasteiger partial charge in [0.1, 0.15) is 22.9 Å². The van der Waals surface area contributed by atoms with E-state index in [1.807, 2.05) is 19.9 Å². The summed E-state index contributed by atoms with van der Waals surface area (Å²) >= 11 is 0. The fourth-order valence-corrected chi connectivity index (χ4v) is 6.76. The number of benzene rings is 1. The summed E-state index contributed by atoms with van der Waals surface area (Å²) in [5, 5.41) is 7.86. The van der Waals surface area contributed by atoms with E-state index < -0.39 is 32.8 Å². The number of piperidine rings is 1. The van der Waals surface area contributed by atoms with E-state index in [4.69, 9.17) is 14.2 Å². The number of halogens is 1. The number of hydrogen-bond acceptors (Lipinski definition) is 11. The van der Waals surface area contributed by atoms with Crippen LogP contribution in [0.4, 0.5) is 10.3 Å². The monoisotopic (exact) mass is 597 g/mol. The molecule has 0 saturated carbocycles. The Morgan fingerprint density at radius 1 is 1.00 bits per heavy atom.